The lowest BCUT2D eigenvalue weighted by Crippen LogP contribution is -2.36. The summed E-state index contributed by atoms with van der Waals surface area (Å²) in [5, 5.41) is 0. The van der Waals surface area contributed by atoms with Gasteiger partial charge in [-0.15, -0.1) is 0 Å². The van der Waals surface area contributed by atoms with E-state index in [1.165, 1.54) is 0 Å². The molecule has 1 aliphatic heterocycles. The summed E-state index contributed by atoms with van der Waals surface area (Å²) in [5.74, 6) is 0.122. The average Bonchev–Trinajstić information content (AvgIpc) is 2.62. The van der Waals surface area contributed by atoms with E-state index in [-0.39, 0.29) is 11.7 Å². The van der Waals surface area contributed by atoms with Gasteiger partial charge in [0.05, 0.1) is 11.9 Å². The maximum atomic E-state index is 12.7. The van der Waals surface area contributed by atoms with E-state index in [4.69, 9.17) is 0 Å². The molecule has 0 bridgehead atoms. The Balaban J connectivity index is 1.55. The molecule has 1 fully saturated rings. The van der Waals surface area contributed by atoms with Crippen LogP contribution in [0.1, 0.15) is 28.9 Å². The Kier molecular flexibility index (Phi) is 5.63. The number of Topliss-reactive ketones (excluding diaryl/α,β-unsaturated/α-hetero) is 1. The molecule has 1 aliphatic rings. The molecule has 2 heterocycles. The number of piperidine rings is 1. The lowest BCUT2D eigenvalue weighted by atomic mass is 9.89. The Morgan fingerprint density at radius 3 is 2.46 bits per heavy atom. The third-order valence-electron chi connectivity index (χ3n) is 4.43. The van der Waals surface area contributed by atoms with Crippen LogP contribution < -0.4 is 4.72 Å². The highest BCUT2D eigenvalue weighted by molar-refractivity contribution is 7.92. The smallest absolute Gasteiger partial charge is 0.229 e. The predicted octanol–water partition coefficient (Wildman–Crippen LogP) is 1.94. The molecule has 3 rings (SSSR count). The van der Waals surface area contributed by atoms with Crippen molar-refractivity contribution in [2.45, 2.75) is 19.4 Å². The number of sulfonamides is 1. The molecule has 0 radical (unpaired) electrons. The monoisotopic (exact) mass is 374 g/mol. The highest BCUT2D eigenvalue weighted by Crippen LogP contribution is 2.23. The van der Waals surface area contributed by atoms with E-state index in [0.717, 1.165) is 44.4 Å². The number of benzene rings is 1. The maximum absolute atomic E-state index is 12.7. The molecule has 2 aromatic rings. The van der Waals surface area contributed by atoms with Crippen LogP contribution in [0.3, 0.4) is 0 Å². The molecule has 0 unspecified atom stereocenters. The first kappa shape index (κ1) is 18.5. The zero-order valence-corrected chi connectivity index (χ0v) is 15.4. The van der Waals surface area contributed by atoms with Crippen LogP contribution in [0.2, 0.25) is 0 Å². The summed E-state index contributed by atoms with van der Waals surface area (Å²) >= 11 is 0. The second-order valence-corrected chi connectivity index (χ2v) is 8.31. The van der Waals surface area contributed by atoms with Gasteiger partial charge in [0.1, 0.15) is 0 Å². The number of carbonyl (C=O) groups excluding carboxylic acids is 1. The minimum absolute atomic E-state index is 0.00169. The molecule has 0 saturated carbocycles. The van der Waals surface area contributed by atoms with Gasteiger partial charge < -0.3 is 0 Å². The van der Waals surface area contributed by atoms with Gasteiger partial charge in [0.15, 0.2) is 5.78 Å². The van der Waals surface area contributed by atoms with Gasteiger partial charge in [0.2, 0.25) is 10.0 Å². The fourth-order valence-electron chi connectivity index (χ4n) is 3.15. The van der Waals surface area contributed by atoms with Crippen molar-refractivity contribution in [2.75, 3.05) is 24.1 Å². The van der Waals surface area contributed by atoms with E-state index in [2.05, 4.69) is 19.6 Å². The van der Waals surface area contributed by atoms with Gasteiger partial charge >= 0.3 is 0 Å². The second-order valence-electron chi connectivity index (χ2n) is 6.56. The summed E-state index contributed by atoms with van der Waals surface area (Å²) in [6.45, 7) is 2.45. The number of rotatable bonds is 6. The molecule has 1 aromatic carbocycles. The molecule has 1 saturated heterocycles. The van der Waals surface area contributed by atoms with Crippen LogP contribution in [-0.2, 0) is 16.6 Å². The van der Waals surface area contributed by atoms with E-state index < -0.39 is 10.0 Å². The lowest BCUT2D eigenvalue weighted by Gasteiger charge is -2.30. The zero-order valence-electron chi connectivity index (χ0n) is 14.6. The van der Waals surface area contributed by atoms with Gasteiger partial charge in [-0.05, 0) is 50.2 Å². The quantitative estimate of drug-likeness (QED) is 0.777. The Hall–Kier alpha value is -2.32. The summed E-state index contributed by atoms with van der Waals surface area (Å²) in [5.41, 5.74) is 2.02. The third-order valence-corrected chi connectivity index (χ3v) is 5.04. The van der Waals surface area contributed by atoms with Gasteiger partial charge in [-0.25, -0.2) is 8.42 Å². The predicted molar refractivity (Wildman–Crippen MR) is 99.3 cm³/mol. The SMILES string of the molecule is CS(=O)(=O)Nc1ccc(C(=O)C2CCN(Cc3cnccn3)CC2)cc1. The van der Waals surface area contributed by atoms with Crippen LogP contribution in [0.4, 0.5) is 5.69 Å². The van der Waals surface area contributed by atoms with Crippen molar-refractivity contribution in [3.63, 3.8) is 0 Å². The van der Waals surface area contributed by atoms with Crippen molar-refractivity contribution in [1.82, 2.24) is 14.9 Å². The van der Waals surface area contributed by atoms with E-state index in [0.29, 0.717) is 11.3 Å². The number of carbonyl (C=O) groups is 1. The van der Waals surface area contributed by atoms with Gasteiger partial charge in [-0.3, -0.25) is 24.4 Å². The number of nitrogens with zero attached hydrogens (tertiary/aromatic N) is 3. The molecule has 8 heteroatoms. The number of hydrogen-bond acceptors (Lipinski definition) is 6. The van der Waals surface area contributed by atoms with Gasteiger partial charge in [-0.1, -0.05) is 0 Å². The molecular formula is C18H22N4O3S. The van der Waals surface area contributed by atoms with Crippen LogP contribution >= 0.6 is 0 Å². The third kappa shape index (κ3) is 5.09. The minimum Gasteiger partial charge on any atom is -0.297 e. The normalized spacial score (nSPS) is 16.3. The summed E-state index contributed by atoms with van der Waals surface area (Å²) < 4.78 is 24.9. The molecule has 138 valence electrons. The summed E-state index contributed by atoms with van der Waals surface area (Å²) in [6, 6.07) is 6.61. The molecule has 1 aromatic heterocycles. The molecule has 0 amide bonds. The van der Waals surface area contributed by atoms with Crippen molar-refractivity contribution in [3.8, 4) is 0 Å². The number of anilines is 1. The first-order valence-corrected chi connectivity index (χ1v) is 10.4. The summed E-state index contributed by atoms with van der Waals surface area (Å²) in [4.78, 5) is 23.3. The average molecular weight is 374 g/mol. The van der Waals surface area contributed by atoms with Crippen molar-refractivity contribution in [2.24, 2.45) is 5.92 Å². The van der Waals surface area contributed by atoms with E-state index in [9.17, 15) is 13.2 Å². The van der Waals surface area contributed by atoms with Crippen LogP contribution in [-0.4, -0.2) is 48.4 Å². The topological polar surface area (TPSA) is 92.3 Å². The highest BCUT2D eigenvalue weighted by atomic mass is 32.2. The fraction of sp³-hybridized carbons (Fsp3) is 0.389. The van der Waals surface area contributed by atoms with Crippen LogP contribution in [0, 0.1) is 5.92 Å². The number of likely N-dealkylation sites (tertiary alicyclic amines) is 1. The summed E-state index contributed by atoms with van der Waals surface area (Å²) in [6.07, 6.45) is 7.83. The molecule has 26 heavy (non-hydrogen) atoms. The van der Waals surface area contributed by atoms with Crippen LogP contribution in [0.5, 0.6) is 0 Å². The zero-order chi connectivity index (χ0) is 18.6. The van der Waals surface area contributed by atoms with E-state index >= 15 is 0 Å². The van der Waals surface area contributed by atoms with Gasteiger partial charge in [0.25, 0.3) is 0 Å². The maximum Gasteiger partial charge on any atom is 0.229 e. The van der Waals surface area contributed by atoms with Crippen molar-refractivity contribution < 1.29 is 13.2 Å². The first-order chi connectivity index (χ1) is 12.4. The largest absolute Gasteiger partial charge is 0.297 e. The first-order valence-electron chi connectivity index (χ1n) is 8.50. The molecule has 1 N–H and O–H groups in total. The molecule has 0 aliphatic carbocycles. The van der Waals surface area contributed by atoms with Crippen molar-refractivity contribution in [3.05, 3.63) is 54.1 Å². The Bertz CT molecular complexity index is 846. The van der Waals surface area contributed by atoms with Gasteiger partial charge in [-0.2, -0.15) is 0 Å². The standard InChI is InChI=1S/C18H22N4O3S/c1-26(24,25)21-16-4-2-14(3-5-16)18(23)15-6-10-22(11-7-15)13-17-12-19-8-9-20-17/h2-5,8-9,12,15,21H,6-7,10-11,13H2,1H3. The van der Waals surface area contributed by atoms with E-state index in [1.54, 1.807) is 42.9 Å². The Labute approximate surface area is 153 Å². The Morgan fingerprint density at radius 2 is 1.88 bits per heavy atom. The Morgan fingerprint density at radius 1 is 1.19 bits per heavy atom. The van der Waals surface area contributed by atoms with Gasteiger partial charge in [0, 0.05) is 42.3 Å². The molecule has 7 nitrogen and oxygen atoms in total. The van der Waals surface area contributed by atoms with Crippen molar-refractivity contribution >= 4 is 21.5 Å². The van der Waals surface area contributed by atoms with E-state index in [1.807, 2.05) is 0 Å². The number of hydrogen-bond donors (Lipinski definition) is 1. The molecule has 0 atom stereocenters. The fourth-order valence-corrected chi connectivity index (χ4v) is 3.71. The van der Waals surface area contributed by atoms with Crippen molar-refractivity contribution in [1.29, 1.82) is 0 Å². The van der Waals surface area contributed by atoms with Crippen LogP contribution in [0.25, 0.3) is 0 Å². The lowest BCUT2D eigenvalue weighted by molar-refractivity contribution is 0.0834. The highest BCUT2D eigenvalue weighted by Gasteiger charge is 2.26. The van der Waals surface area contributed by atoms with Crippen LogP contribution in [0.15, 0.2) is 42.9 Å². The number of ketones is 1. The number of nitrogens with one attached hydrogen (secondary N) is 1. The minimum atomic E-state index is -3.31. The molecular weight excluding hydrogens is 352 g/mol. The molecule has 0 spiro atoms. The second kappa shape index (κ2) is 7.92. The summed E-state index contributed by atoms with van der Waals surface area (Å²) in [7, 11) is -3.31. The number of aromatic nitrogens is 2.